The van der Waals surface area contributed by atoms with E-state index in [0.29, 0.717) is 31.1 Å². The maximum atomic E-state index is 13.3. The molecular weight excluding hydrogens is 404 g/mol. The fourth-order valence-corrected chi connectivity index (χ4v) is 4.81. The molecule has 32 heavy (non-hydrogen) atoms. The first kappa shape index (κ1) is 20.9. The number of carbonyl (C=O) groups excluding carboxylic acids is 2. The Kier molecular flexibility index (Phi) is 5.57. The summed E-state index contributed by atoms with van der Waals surface area (Å²) < 4.78 is 5.22. The second-order valence-corrected chi connectivity index (χ2v) is 9.22. The van der Waals surface area contributed by atoms with Gasteiger partial charge in [0.2, 0.25) is 11.8 Å². The van der Waals surface area contributed by atoms with E-state index in [9.17, 15) is 9.59 Å². The SMILES string of the molecule is COc1ccc(CC(=O)N2CCCCC2c2nc(C)c3c(n2)N(CC2CC2)C(=O)C3)cc1. The number of carbonyl (C=O) groups is 2. The Morgan fingerprint density at radius 3 is 2.62 bits per heavy atom. The minimum absolute atomic E-state index is 0.0903. The summed E-state index contributed by atoms with van der Waals surface area (Å²) in [5.74, 6) is 3.05. The van der Waals surface area contributed by atoms with E-state index >= 15 is 0 Å². The molecule has 1 saturated heterocycles. The minimum Gasteiger partial charge on any atom is -0.497 e. The largest absolute Gasteiger partial charge is 0.497 e. The Bertz CT molecular complexity index is 1030. The fraction of sp³-hybridized carbons (Fsp3) is 0.520. The topological polar surface area (TPSA) is 75.6 Å². The molecule has 168 valence electrons. The molecule has 3 heterocycles. The standard InChI is InChI=1S/C25H30N4O3/c1-16-20-14-23(31)29(15-18-6-7-18)25(20)27-24(26-16)21-5-3-4-12-28(21)22(30)13-17-8-10-19(32-2)11-9-17/h8-11,18,21H,3-7,12-15H2,1-2H3. The molecule has 1 aliphatic carbocycles. The molecule has 2 amide bonds. The van der Waals surface area contributed by atoms with E-state index in [4.69, 9.17) is 14.7 Å². The number of methoxy groups -OCH3 is 1. The van der Waals surface area contributed by atoms with Crippen molar-refractivity contribution in [1.82, 2.24) is 14.9 Å². The number of rotatable bonds is 6. The first-order valence-electron chi connectivity index (χ1n) is 11.6. The summed E-state index contributed by atoms with van der Waals surface area (Å²) in [7, 11) is 1.64. The van der Waals surface area contributed by atoms with Crippen molar-refractivity contribution in [3.63, 3.8) is 0 Å². The average molecular weight is 435 g/mol. The van der Waals surface area contributed by atoms with Gasteiger partial charge in [0, 0.05) is 24.3 Å². The predicted molar refractivity (Wildman–Crippen MR) is 121 cm³/mol. The van der Waals surface area contributed by atoms with Crippen LogP contribution in [0, 0.1) is 12.8 Å². The van der Waals surface area contributed by atoms with Crippen molar-refractivity contribution in [1.29, 1.82) is 0 Å². The Hall–Kier alpha value is -2.96. The van der Waals surface area contributed by atoms with Crippen molar-refractivity contribution < 1.29 is 14.3 Å². The molecular formula is C25H30N4O3. The minimum atomic E-state index is -0.142. The van der Waals surface area contributed by atoms with E-state index < -0.39 is 0 Å². The van der Waals surface area contributed by atoms with Crippen LogP contribution in [0.2, 0.25) is 0 Å². The molecule has 2 aromatic rings. The van der Waals surface area contributed by atoms with Crippen LogP contribution < -0.4 is 9.64 Å². The van der Waals surface area contributed by atoms with Gasteiger partial charge in [0.15, 0.2) is 5.82 Å². The summed E-state index contributed by atoms with van der Waals surface area (Å²) in [5.41, 5.74) is 2.78. The van der Waals surface area contributed by atoms with E-state index in [1.807, 2.05) is 41.0 Å². The Labute approximate surface area is 188 Å². The third-order valence-corrected chi connectivity index (χ3v) is 6.87. The second kappa shape index (κ2) is 8.52. The monoisotopic (exact) mass is 434 g/mol. The van der Waals surface area contributed by atoms with E-state index in [0.717, 1.165) is 54.2 Å². The smallest absolute Gasteiger partial charge is 0.232 e. The number of nitrogens with zero attached hydrogens (tertiary/aromatic N) is 4. The number of hydrogen-bond donors (Lipinski definition) is 0. The summed E-state index contributed by atoms with van der Waals surface area (Å²) in [6, 6.07) is 7.50. The lowest BCUT2D eigenvalue weighted by molar-refractivity contribution is -0.134. The molecule has 3 aliphatic rings. The van der Waals surface area contributed by atoms with Gasteiger partial charge in [-0.25, -0.2) is 9.97 Å². The Morgan fingerprint density at radius 2 is 1.91 bits per heavy atom. The van der Waals surface area contributed by atoms with Crippen LogP contribution in [0.15, 0.2) is 24.3 Å². The van der Waals surface area contributed by atoms with Gasteiger partial charge in [-0.3, -0.25) is 14.5 Å². The van der Waals surface area contributed by atoms with Crippen LogP contribution >= 0.6 is 0 Å². The molecule has 5 rings (SSSR count). The lowest BCUT2D eigenvalue weighted by Gasteiger charge is -2.35. The number of aryl methyl sites for hydroxylation is 1. The highest BCUT2D eigenvalue weighted by Crippen LogP contribution is 2.37. The molecule has 0 N–H and O–H groups in total. The molecule has 0 radical (unpaired) electrons. The molecule has 1 aromatic heterocycles. The molecule has 1 atom stereocenters. The zero-order valence-corrected chi connectivity index (χ0v) is 18.8. The van der Waals surface area contributed by atoms with Crippen LogP contribution in [0.1, 0.15) is 60.8 Å². The van der Waals surface area contributed by atoms with Gasteiger partial charge in [-0.1, -0.05) is 12.1 Å². The Balaban J connectivity index is 1.39. The molecule has 2 fully saturated rings. The maximum absolute atomic E-state index is 13.3. The van der Waals surface area contributed by atoms with Crippen LogP contribution in [0.5, 0.6) is 5.75 Å². The van der Waals surface area contributed by atoms with Crippen LogP contribution in [0.25, 0.3) is 0 Å². The molecule has 7 nitrogen and oxygen atoms in total. The van der Waals surface area contributed by atoms with Crippen LogP contribution in [-0.4, -0.2) is 46.9 Å². The van der Waals surface area contributed by atoms with Crippen molar-refractivity contribution in [3.8, 4) is 5.75 Å². The zero-order chi connectivity index (χ0) is 22.2. The van der Waals surface area contributed by atoms with E-state index in [2.05, 4.69) is 0 Å². The highest BCUT2D eigenvalue weighted by molar-refractivity contribution is 6.00. The first-order valence-corrected chi connectivity index (χ1v) is 11.6. The van der Waals surface area contributed by atoms with E-state index in [1.165, 1.54) is 12.8 Å². The number of anilines is 1. The van der Waals surface area contributed by atoms with Gasteiger partial charge >= 0.3 is 0 Å². The molecule has 1 aromatic carbocycles. The van der Waals surface area contributed by atoms with Gasteiger partial charge in [0.05, 0.1) is 26.0 Å². The summed E-state index contributed by atoms with van der Waals surface area (Å²) >= 11 is 0. The van der Waals surface area contributed by atoms with Crippen molar-refractivity contribution in [3.05, 3.63) is 46.9 Å². The van der Waals surface area contributed by atoms with Crippen molar-refractivity contribution in [2.45, 2.75) is 57.9 Å². The van der Waals surface area contributed by atoms with Crippen molar-refractivity contribution in [2.24, 2.45) is 5.92 Å². The molecule has 7 heteroatoms. The highest BCUT2D eigenvalue weighted by atomic mass is 16.5. The number of piperidine rings is 1. The van der Waals surface area contributed by atoms with Gasteiger partial charge in [-0.15, -0.1) is 0 Å². The van der Waals surface area contributed by atoms with Crippen molar-refractivity contribution >= 4 is 17.6 Å². The second-order valence-electron chi connectivity index (χ2n) is 9.22. The summed E-state index contributed by atoms with van der Waals surface area (Å²) in [6.07, 6.45) is 5.99. The first-order chi connectivity index (χ1) is 15.5. The van der Waals surface area contributed by atoms with Crippen LogP contribution in [0.3, 0.4) is 0 Å². The lowest BCUT2D eigenvalue weighted by Crippen LogP contribution is -2.40. The van der Waals surface area contributed by atoms with Gasteiger partial charge in [0.25, 0.3) is 0 Å². The van der Waals surface area contributed by atoms with Gasteiger partial charge in [0.1, 0.15) is 11.6 Å². The number of ether oxygens (including phenoxy) is 1. The van der Waals surface area contributed by atoms with Gasteiger partial charge in [-0.2, -0.15) is 0 Å². The summed E-state index contributed by atoms with van der Waals surface area (Å²) in [4.78, 5) is 39.4. The maximum Gasteiger partial charge on any atom is 0.232 e. The van der Waals surface area contributed by atoms with Crippen LogP contribution in [-0.2, 0) is 22.4 Å². The number of benzene rings is 1. The van der Waals surface area contributed by atoms with E-state index in [1.54, 1.807) is 7.11 Å². The number of fused-ring (bicyclic) bond motifs is 1. The van der Waals surface area contributed by atoms with Crippen molar-refractivity contribution in [2.75, 3.05) is 25.1 Å². The van der Waals surface area contributed by atoms with Gasteiger partial charge in [-0.05, 0) is 62.6 Å². The number of amides is 2. The number of aromatic nitrogens is 2. The quantitative estimate of drug-likeness (QED) is 0.697. The molecule has 1 saturated carbocycles. The highest BCUT2D eigenvalue weighted by Gasteiger charge is 2.37. The third kappa shape index (κ3) is 4.08. The molecule has 0 bridgehead atoms. The molecule has 1 unspecified atom stereocenters. The zero-order valence-electron chi connectivity index (χ0n) is 18.8. The summed E-state index contributed by atoms with van der Waals surface area (Å²) in [6.45, 7) is 3.43. The molecule has 2 aliphatic heterocycles. The van der Waals surface area contributed by atoms with Gasteiger partial charge < -0.3 is 9.64 Å². The fourth-order valence-electron chi connectivity index (χ4n) is 4.81. The normalized spacial score (nSPS) is 20.4. The Morgan fingerprint density at radius 1 is 1.12 bits per heavy atom. The van der Waals surface area contributed by atoms with E-state index in [-0.39, 0.29) is 17.9 Å². The van der Waals surface area contributed by atoms with Crippen LogP contribution in [0.4, 0.5) is 5.82 Å². The number of hydrogen-bond acceptors (Lipinski definition) is 5. The third-order valence-electron chi connectivity index (χ3n) is 6.87. The predicted octanol–water partition coefficient (Wildman–Crippen LogP) is 3.39. The lowest BCUT2D eigenvalue weighted by atomic mass is 9.99. The summed E-state index contributed by atoms with van der Waals surface area (Å²) in [5, 5.41) is 0. The molecule has 0 spiro atoms. The average Bonchev–Trinajstić information content (AvgIpc) is 3.57. The number of likely N-dealkylation sites (tertiary alicyclic amines) is 1.